The molecule has 1 aliphatic carbocycles. The van der Waals surface area contributed by atoms with E-state index < -0.39 is 0 Å². The molecular weight excluding hydrogens is 172 g/mol. The largest absolute Gasteiger partial charge is 0.390 e. The SMILES string of the molecule is CCC(C)CC(O)(CC)C1CCCC1. The summed E-state index contributed by atoms with van der Waals surface area (Å²) in [5.41, 5.74) is -0.355. The molecule has 1 rings (SSSR count). The molecule has 1 heteroatoms. The van der Waals surface area contributed by atoms with Gasteiger partial charge in [0.25, 0.3) is 0 Å². The van der Waals surface area contributed by atoms with E-state index in [2.05, 4.69) is 20.8 Å². The van der Waals surface area contributed by atoms with Crippen molar-refractivity contribution in [3.63, 3.8) is 0 Å². The molecule has 1 nitrogen and oxygen atoms in total. The molecule has 1 fully saturated rings. The Hall–Kier alpha value is -0.0400. The summed E-state index contributed by atoms with van der Waals surface area (Å²) in [5.74, 6) is 1.25. The zero-order chi connectivity index (χ0) is 10.6. The van der Waals surface area contributed by atoms with Crippen molar-refractivity contribution in [1.29, 1.82) is 0 Å². The molecule has 0 aromatic rings. The highest BCUT2D eigenvalue weighted by atomic mass is 16.3. The van der Waals surface area contributed by atoms with Crippen LogP contribution in [0.25, 0.3) is 0 Å². The lowest BCUT2D eigenvalue weighted by atomic mass is 9.77. The van der Waals surface area contributed by atoms with Gasteiger partial charge in [0.05, 0.1) is 5.60 Å². The smallest absolute Gasteiger partial charge is 0.0675 e. The lowest BCUT2D eigenvalue weighted by Gasteiger charge is -2.35. The zero-order valence-corrected chi connectivity index (χ0v) is 10.1. The molecule has 2 unspecified atom stereocenters. The average Bonchev–Trinajstić information content (AvgIpc) is 2.70. The van der Waals surface area contributed by atoms with Crippen molar-refractivity contribution < 1.29 is 5.11 Å². The van der Waals surface area contributed by atoms with Crippen LogP contribution in [0.4, 0.5) is 0 Å². The third-order valence-corrected chi connectivity index (χ3v) is 4.13. The molecule has 0 bridgehead atoms. The Morgan fingerprint density at radius 2 is 1.86 bits per heavy atom. The molecule has 0 saturated heterocycles. The summed E-state index contributed by atoms with van der Waals surface area (Å²) in [6.07, 6.45) is 8.28. The van der Waals surface area contributed by atoms with Crippen LogP contribution in [-0.2, 0) is 0 Å². The van der Waals surface area contributed by atoms with Crippen LogP contribution in [0.3, 0.4) is 0 Å². The second-order valence-electron chi connectivity index (χ2n) is 5.16. The predicted molar refractivity (Wildman–Crippen MR) is 61.3 cm³/mol. The maximum absolute atomic E-state index is 10.6. The summed E-state index contributed by atoms with van der Waals surface area (Å²) in [4.78, 5) is 0. The van der Waals surface area contributed by atoms with Crippen LogP contribution in [0.5, 0.6) is 0 Å². The Labute approximate surface area is 88.9 Å². The fourth-order valence-electron chi connectivity index (χ4n) is 2.81. The molecule has 0 aromatic carbocycles. The molecule has 1 saturated carbocycles. The Balaban J connectivity index is 2.54. The third kappa shape index (κ3) is 2.73. The number of aliphatic hydroxyl groups is 1. The van der Waals surface area contributed by atoms with Gasteiger partial charge in [-0.1, -0.05) is 40.0 Å². The van der Waals surface area contributed by atoms with Gasteiger partial charge in [-0.2, -0.15) is 0 Å². The van der Waals surface area contributed by atoms with Gasteiger partial charge in [-0.3, -0.25) is 0 Å². The molecule has 1 N–H and O–H groups in total. The van der Waals surface area contributed by atoms with Crippen LogP contribution < -0.4 is 0 Å². The first kappa shape index (κ1) is 12.0. The Bertz CT molecular complexity index is 161. The Morgan fingerprint density at radius 1 is 1.29 bits per heavy atom. The van der Waals surface area contributed by atoms with E-state index in [1.165, 1.54) is 32.1 Å². The van der Waals surface area contributed by atoms with Crippen LogP contribution in [-0.4, -0.2) is 10.7 Å². The van der Waals surface area contributed by atoms with Crippen molar-refractivity contribution >= 4 is 0 Å². The standard InChI is InChI=1S/C13H26O/c1-4-11(3)10-13(14,5-2)12-8-6-7-9-12/h11-12,14H,4-10H2,1-3H3. The summed E-state index contributed by atoms with van der Waals surface area (Å²) >= 11 is 0. The van der Waals surface area contributed by atoms with Gasteiger partial charge in [0.1, 0.15) is 0 Å². The molecule has 1 aliphatic rings. The van der Waals surface area contributed by atoms with E-state index in [-0.39, 0.29) is 5.60 Å². The predicted octanol–water partition coefficient (Wildman–Crippen LogP) is 3.75. The quantitative estimate of drug-likeness (QED) is 0.713. The van der Waals surface area contributed by atoms with Crippen LogP contribution in [0, 0.1) is 11.8 Å². The summed E-state index contributed by atoms with van der Waals surface area (Å²) in [6, 6.07) is 0. The fourth-order valence-corrected chi connectivity index (χ4v) is 2.81. The van der Waals surface area contributed by atoms with Gasteiger partial charge in [-0.05, 0) is 37.5 Å². The monoisotopic (exact) mass is 198 g/mol. The zero-order valence-electron chi connectivity index (χ0n) is 10.1. The Kier molecular flexibility index (Phi) is 4.43. The minimum atomic E-state index is -0.355. The van der Waals surface area contributed by atoms with Crippen molar-refractivity contribution in [3.8, 4) is 0 Å². The van der Waals surface area contributed by atoms with E-state index in [4.69, 9.17) is 0 Å². The first-order chi connectivity index (χ1) is 6.62. The topological polar surface area (TPSA) is 20.2 Å². The van der Waals surface area contributed by atoms with E-state index in [1.807, 2.05) is 0 Å². The fraction of sp³-hybridized carbons (Fsp3) is 1.00. The minimum absolute atomic E-state index is 0.355. The van der Waals surface area contributed by atoms with Crippen molar-refractivity contribution in [2.45, 2.75) is 71.3 Å². The molecule has 0 heterocycles. The van der Waals surface area contributed by atoms with Crippen LogP contribution in [0.2, 0.25) is 0 Å². The lowest BCUT2D eigenvalue weighted by Crippen LogP contribution is -2.37. The number of hydrogen-bond acceptors (Lipinski definition) is 1. The van der Waals surface area contributed by atoms with Crippen molar-refractivity contribution in [2.24, 2.45) is 11.8 Å². The normalized spacial score (nSPS) is 24.9. The van der Waals surface area contributed by atoms with Crippen LogP contribution in [0.15, 0.2) is 0 Å². The summed E-state index contributed by atoms with van der Waals surface area (Å²) in [7, 11) is 0. The lowest BCUT2D eigenvalue weighted by molar-refractivity contribution is -0.0391. The first-order valence-electron chi connectivity index (χ1n) is 6.34. The van der Waals surface area contributed by atoms with Crippen LogP contribution >= 0.6 is 0 Å². The van der Waals surface area contributed by atoms with Crippen molar-refractivity contribution in [1.82, 2.24) is 0 Å². The Morgan fingerprint density at radius 3 is 2.29 bits per heavy atom. The summed E-state index contributed by atoms with van der Waals surface area (Å²) in [5, 5.41) is 10.6. The maximum atomic E-state index is 10.6. The van der Waals surface area contributed by atoms with E-state index in [1.54, 1.807) is 0 Å². The molecule has 0 radical (unpaired) electrons. The van der Waals surface area contributed by atoms with E-state index in [0.29, 0.717) is 11.8 Å². The van der Waals surface area contributed by atoms with Gasteiger partial charge in [-0.25, -0.2) is 0 Å². The molecule has 0 aliphatic heterocycles. The van der Waals surface area contributed by atoms with Crippen molar-refractivity contribution in [2.75, 3.05) is 0 Å². The molecule has 14 heavy (non-hydrogen) atoms. The van der Waals surface area contributed by atoms with Crippen LogP contribution in [0.1, 0.15) is 65.7 Å². The van der Waals surface area contributed by atoms with Gasteiger partial charge in [-0.15, -0.1) is 0 Å². The summed E-state index contributed by atoms with van der Waals surface area (Å²) in [6.45, 7) is 6.62. The summed E-state index contributed by atoms with van der Waals surface area (Å²) < 4.78 is 0. The van der Waals surface area contributed by atoms with Gasteiger partial charge < -0.3 is 5.11 Å². The van der Waals surface area contributed by atoms with E-state index in [9.17, 15) is 5.11 Å². The molecule has 0 spiro atoms. The highest BCUT2D eigenvalue weighted by molar-refractivity contribution is 4.89. The van der Waals surface area contributed by atoms with E-state index in [0.717, 1.165) is 12.8 Å². The van der Waals surface area contributed by atoms with Gasteiger partial charge in [0, 0.05) is 0 Å². The molecule has 2 atom stereocenters. The van der Waals surface area contributed by atoms with Gasteiger partial charge >= 0.3 is 0 Å². The molecule has 0 aromatic heterocycles. The second kappa shape index (κ2) is 5.16. The van der Waals surface area contributed by atoms with Gasteiger partial charge in [0.15, 0.2) is 0 Å². The maximum Gasteiger partial charge on any atom is 0.0675 e. The highest BCUT2D eigenvalue weighted by Gasteiger charge is 2.37. The highest BCUT2D eigenvalue weighted by Crippen LogP contribution is 2.39. The minimum Gasteiger partial charge on any atom is -0.390 e. The second-order valence-corrected chi connectivity index (χ2v) is 5.16. The van der Waals surface area contributed by atoms with Gasteiger partial charge in [0.2, 0.25) is 0 Å². The average molecular weight is 198 g/mol. The first-order valence-corrected chi connectivity index (χ1v) is 6.34. The molecule has 84 valence electrons. The third-order valence-electron chi connectivity index (χ3n) is 4.13. The molecule has 0 amide bonds. The number of hydrogen-bond donors (Lipinski definition) is 1. The number of rotatable bonds is 5. The van der Waals surface area contributed by atoms with E-state index >= 15 is 0 Å². The molecular formula is C13H26O. The van der Waals surface area contributed by atoms with Crippen molar-refractivity contribution in [3.05, 3.63) is 0 Å².